The van der Waals surface area contributed by atoms with Crippen LogP contribution in [0.25, 0.3) is 0 Å². The largest absolute Gasteiger partial charge is 0.271 e. The van der Waals surface area contributed by atoms with Gasteiger partial charge in [-0.25, -0.2) is 0 Å². The van der Waals surface area contributed by atoms with Gasteiger partial charge < -0.3 is 0 Å². The van der Waals surface area contributed by atoms with Crippen LogP contribution >= 0.6 is 11.6 Å². The lowest BCUT2D eigenvalue weighted by atomic mass is 9.80. The van der Waals surface area contributed by atoms with Crippen LogP contribution in [0.2, 0.25) is 5.02 Å². The number of nitrogens with one attached hydrogen (secondary N) is 1. The zero-order chi connectivity index (χ0) is 11.4. The Morgan fingerprint density at radius 1 is 1.44 bits per heavy atom. The van der Waals surface area contributed by atoms with Gasteiger partial charge in [0.2, 0.25) is 0 Å². The maximum absolute atomic E-state index is 5.96. The Bertz CT molecular complexity index is 336. The van der Waals surface area contributed by atoms with E-state index in [0.717, 1.165) is 17.4 Å². The summed E-state index contributed by atoms with van der Waals surface area (Å²) < 4.78 is 0. The average molecular weight is 239 g/mol. The van der Waals surface area contributed by atoms with Crippen molar-refractivity contribution in [1.82, 2.24) is 5.43 Å². The van der Waals surface area contributed by atoms with Crippen molar-refractivity contribution in [2.24, 2.45) is 11.8 Å². The molecule has 0 aromatic heterocycles. The molecule has 2 nitrogen and oxygen atoms in total. The number of hydrazine groups is 1. The van der Waals surface area contributed by atoms with Crippen LogP contribution in [0.15, 0.2) is 24.3 Å². The van der Waals surface area contributed by atoms with Crippen molar-refractivity contribution in [3.05, 3.63) is 34.9 Å². The van der Waals surface area contributed by atoms with Crippen molar-refractivity contribution < 1.29 is 0 Å². The van der Waals surface area contributed by atoms with Gasteiger partial charge in [0.05, 0.1) is 0 Å². The van der Waals surface area contributed by atoms with E-state index in [1.54, 1.807) is 0 Å². The van der Waals surface area contributed by atoms with Crippen LogP contribution in [0.3, 0.4) is 0 Å². The van der Waals surface area contributed by atoms with Crippen molar-refractivity contribution in [2.75, 3.05) is 0 Å². The molecule has 88 valence electrons. The van der Waals surface area contributed by atoms with Crippen molar-refractivity contribution in [3.63, 3.8) is 0 Å². The lowest BCUT2D eigenvalue weighted by molar-refractivity contribution is 0.259. The lowest BCUT2D eigenvalue weighted by Gasteiger charge is -2.29. The van der Waals surface area contributed by atoms with Crippen LogP contribution in [-0.2, 0) is 6.42 Å². The zero-order valence-electron chi connectivity index (χ0n) is 9.45. The van der Waals surface area contributed by atoms with E-state index >= 15 is 0 Å². The van der Waals surface area contributed by atoms with Crippen molar-refractivity contribution >= 4 is 11.6 Å². The van der Waals surface area contributed by atoms with Gasteiger partial charge in [-0.1, -0.05) is 43.0 Å². The van der Waals surface area contributed by atoms with Gasteiger partial charge in [0, 0.05) is 11.1 Å². The fourth-order valence-electron chi connectivity index (χ4n) is 2.29. The minimum absolute atomic E-state index is 0.378. The Morgan fingerprint density at radius 2 is 2.25 bits per heavy atom. The van der Waals surface area contributed by atoms with Gasteiger partial charge in [0.15, 0.2) is 0 Å². The number of hydrogen-bond acceptors (Lipinski definition) is 2. The molecule has 3 heteroatoms. The van der Waals surface area contributed by atoms with Crippen LogP contribution in [0.5, 0.6) is 0 Å². The lowest BCUT2D eigenvalue weighted by Crippen LogP contribution is -2.39. The highest BCUT2D eigenvalue weighted by atomic mass is 35.5. The summed E-state index contributed by atoms with van der Waals surface area (Å²) in [6, 6.07) is 8.41. The molecule has 16 heavy (non-hydrogen) atoms. The van der Waals surface area contributed by atoms with Gasteiger partial charge in [-0.2, -0.15) is 0 Å². The molecule has 1 fully saturated rings. The first kappa shape index (κ1) is 11.9. The van der Waals surface area contributed by atoms with Gasteiger partial charge in [-0.3, -0.25) is 11.3 Å². The Hall–Kier alpha value is -0.570. The number of hydrogen-bond donors (Lipinski definition) is 2. The average Bonchev–Trinajstić information content (AvgIpc) is 2.21. The molecule has 1 aromatic rings. The van der Waals surface area contributed by atoms with Crippen LogP contribution < -0.4 is 11.3 Å². The van der Waals surface area contributed by atoms with Gasteiger partial charge in [-0.15, -0.1) is 0 Å². The molecular weight excluding hydrogens is 220 g/mol. The molecule has 0 saturated heterocycles. The summed E-state index contributed by atoms with van der Waals surface area (Å²) in [6.07, 6.45) is 6.27. The normalized spacial score (nSPS) is 18.1. The zero-order valence-corrected chi connectivity index (χ0v) is 10.2. The minimum Gasteiger partial charge on any atom is -0.271 e. The highest BCUT2D eigenvalue weighted by Gasteiger charge is 2.21. The molecule has 1 unspecified atom stereocenters. The van der Waals surface area contributed by atoms with E-state index in [1.165, 1.54) is 31.2 Å². The van der Waals surface area contributed by atoms with E-state index in [9.17, 15) is 0 Å². The van der Waals surface area contributed by atoms with Crippen LogP contribution in [0, 0.1) is 5.92 Å². The summed E-state index contributed by atoms with van der Waals surface area (Å²) in [4.78, 5) is 0. The van der Waals surface area contributed by atoms with Crippen molar-refractivity contribution in [3.8, 4) is 0 Å². The minimum atomic E-state index is 0.378. The first-order valence-electron chi connectivity index (χ1n) is 5.98. The predicted octanol–water partition coefficient (Wildman–Crippen LogP) is 2.90. The Kier molecular flexibility index (Phi) is 4.22. The highest BCUT2D eigenvalue weighted by Crippen LogP contribution is 2.31. The molecule has 3 N–H and O–H groups in total. The van der Waals surface area contributed by atoms with Crippen LogP contribution in [0.4, 0.5) is 0 Å². The summed E-state index contributed by atoms with van der Waals surface area (Å²) in [5.74, 6) is 6.48. The van der Waals surface area contributed by atoms with Crippen LogP contribution in [0.1, 0.15) is 31.2 Å². The van der Waals surface area contributed by atoms with Crippen LogP contribution in [-0.4, -0.2) is 6.04 Å². The SMILES string of the molecule is NNC(Cc1cccc(Cl)c1)CC1CCC1. The summed E-state index contributed by atoms with van der Waals surface area (Å²) in [6.45, 7) is 0. The molecule has 1 aliphatic rings. The third kappa shape index (κ3) is 3.21. The Balaban J connectivity index is 1.89. The standard InChI is InChI=1S/C13H19ClN2/c14-12-6-2-5-11(7-12)9-13(16-15)8-10-3-1-4-10/h2,5-7,10,13,16H,1,3-4,8-9,15H2. The molecule has 1 aromatic carbocycles. The number of rotatable bonds is 5. The monoisotopic (exact) mass is 238 g/mol. The summed E-state index contributed by atoms with van der Waals surface area (Å²) >= 11 is 5.96. The maximum Gasteiger partial charge on any atom is 0.0408 e. The van der Waals surface area contributed by atoms with Gasteiger partial charge >= 0.3 is 0 Å². The summed E-state index contributed by atoms with van der Waals surface area (Å²) in [5.41, 5.74) is 4.19. The second-order valence-electron chi connectivity index (χ2n) is 4.73. The first-order valence-corrected chi connectivity index (χ1v) is 6.36. The Morgan fingerprint density at radius 3 is 2.81 bits per heavy atom. The third-order valence-corrected chi connectivity index (χ3v) is 3.68. The second kappa shape index (κ2) is 5.67. The first-order chi connectivity index (χ1) is 7.78. The molecule has 1 saturated carbocycles. The molecule has 0 bridgehead atoms. The smallest absolute Gasteiger partial charge is 0.0408 e. The topological polar surface area (TPSA) is 38.0 Å². The van der Waals surface area contributed by atoms with E-state index in [0.29, 0.717) is 6.04 Å². The molecule has 0 amide bonds. The highest BCUT2D eigenvalue weighted by molar-refractivity contribution is 6.30. The third-order valence-electron chi connectivity index (χ3n) is 3.45. The second-order valence-corrected chi connectivity index (χ2v) is 5.17. The summed E-state index contributed by atoms with van der Waals surface area (Å²) in [5, 5.41) is 0.803. The van der Waals surface area contributed by atoms with E-state index < -0.39 is 0 Å². The van der Waals surface area contributed by atoms with Gasteiger partial charge in [0.25, 0.3) is 0 Å². The van der Waals surface area contributed by atoms with Crippen molar-refractivity contribution in [2.45, 2.75) is 38.1 Å². The molecular formula is C13H19ClN2. The molecule has 0 heterocycles. The maximum atomic E-state index is 5.96. The number of halogens is 1. The molecule has 0 radical (unpaired) electrons. The number of benzene rings is 1. The molecule has 1 atom stereocenters. The molecule has 2 rings (SSSR count). The van der Waals surface area contributed by atoms with E-state index in [1.807, 2.05) is 18.2 Å². The fraction of sp³-hybridized carbons (Fsp3) is 0.538. The van der Waals surface area contributed by atoms with Crippen molar-refractivity contribution in [1.29, 1.82) is 0 Å². The predicted molar refractivity (Wildman–Crippen MR) is 68.2 cm³/mol. The molecule has 1 aliphatic carbocycles. The van der Waals surface area contributed by atoms with E-state index in [2.05, 4.69) is 11.5 Å². The number of nitrogens with two attached hydrogens (primary N) is 1. The molecule has 0 aliphatic heterocycles. The Labute approximate surface area is 102 Å². The van der Waals surface area contributed by atoms with Gasteiger partial charge in [0.1, 0.15) is 0 Å². The van der Waals surface area contributed by atoms with E-state index in [-0.39, 0.29) is 0 Å². The quantitative estimate of drug-likeness (QED) is 0.612. The fourth-order valence-corrected chi connectivity index (χ4v) is 2.50. The van der Waals surface area contributed by atoms with E-state index in [4.69, 9.17) is 17.4 Å². The molecule has 0 spiro atoms. The summed E-state index contributed by atoms with van der Waals surface area (Å²) in [7, 11) is 0. The van der Waals surface area contributed by atoms with Gasteiger partial charge in [-0.05, 0) is 36.5 Å².